The first kappa shape index (κ1) is 31.3. The number of benzene rings is 2. The maximum absolute atomic E-state index is 15.0. The number of aryl methyl sites for hydroxylation is 1. The van der Waals surface area contributed by atoms with E-state index >= 15 is 4.79 Å². The number of allylic oxidation sites excluding steroid dienone is 1. The van der Waals surface area contributed by atoms with E-state index in [-0.39, 0.29) is 57.8 Å². The molecule has 248 valence electrons. The van der Waals surface area contributed by atoms with Crippen LogP contribution in [0.3, 0.4) is 0 Å². The fourth-order valence-electron chi connectivity index (χ4n) is 6.96. The van der Waals surface area contributed by atoms with E-state index in [1.165, 1.54) is 31.9 Å². The molecule has 3 atom stereocenters. The van der Waals surface area contributed by atoms with Crippen molar-refractivity contribution in [2.24, 2.45) is 27.1 Å². The lowest BCUT2D eigenvalue weighted by Gasteiger charge is -2.42. The number of nitrogens with zero attached hydrogens (tertiary/aromatic N) is 4. The quantitative estimate of drug-likeness (QED) is 0.302. The van der Waals surface area contributed by atoms with Gasteiger partial charge in [0.05, 0.1) is 19.8 Å². The summed E-state index contributed by atoms with van der Waals surface area (Å²) in [5, 5.41) is 3.25. The SMILES string of the molecule is COc1cc(OC)c2c(c1Cl)O[C@@]1(C(=O)C3=C(C[C@H]1C)Nc1c(c(=O)n(C)c(=O)n1C)[C@@H]3c1ccc(OCc3nccn3C)cc1)C2=O. The van der Waals surface area contributed by atoms with E-state index in [4.69, 9.17) is 30.5 Å². The first-order chi connectivity index (χ1) is 22.9. The largest absolute Gasteiger partial charge is 0.496 e. The molecule has 48 heavy (non-hydrogen) atoms. The van der Waals surface area contributed by atoms with Crippen LogP contribution in [0.15, 0.2) is 63.6 Å². The Morgan fingerprint density at radius 1 is 1.02 bits per heavy atom. The van der Waals surface area contributed by atoms with Crippen molar-refractivity contribution < 1.29 is 28.5 Å². The maximum atomic E-state index is 15.0. The third kappa shape index (κ3) is 4.26. The molecule has 3 aliphatic rings. The highest BCUT2D eigenvalue weighted by Crippen LogP contribution is 2.56. The first-order valence-electron chi connectivity index (χ1n) is 15.2. The topological polar surface area (TPSA) is 145 Å². The molecule has 0 amide bonds. The van der Waals surface area contributed by atoms with Gasteiger partial charge in [-0.2, -0.15) is 0 Å². The van der Waals surface area contributed by atoms with E-state index in [0.29, 0.717) is 17.0 Å². The lowest BCUT2D eigenvalue weighted by molar-refractivity contribution is -0.130. The highest BCUT2D eigenvalue weighted by atomic mass is 35.5. The summed E-state index contributed by atoms with van der Waals surface area (Å²) >= 11 is 6.64. The highest BCUT2D eigenvalue weighted by molar-refractivity contribution is 6.36. The van der Waals surface area contributed by atoms with Crippen molar-refractivity contribution in [1.29, 1.82) is 0 Å². The van der Waals surface area contributed by atoms with Gasteiger partial charge in [-0.05, 0) is 24.1 Å². The van der Waals surface area contributed by atoms with Crippen molar-refractivity contribution in [3.05, 3.63) is 102 Å². The molecular formula is C34H32ClN5O8. The van der Waals surface area contributed by atoms with Crippen LogP contribution in [0.5, 0.6) is 23.0 Å². The molecule has 1 aliphatic carbocycles. The Balaban J connectivity index is 1.38. The number of fused-ring (bicyclic) bond motifs is 2. The molecular weight excluding hydrogens is 642 g/mol. The van der Waals surface area contributed by atoms with Crippen LogP contribution in [0.1, 0.15) is 46.6 Å². The van der Waals surface area contributed by atoms with Gasteiger partial charge in [0.25, 0.3) is 5.56 Å². The third-order valence-electron chi connectivity index (χ3n) is 9.58. The minimum Gasteiger partial charge on any atom is -0.496 e. The van der Waals surface area contributed by atoms with Crippen LogP contribution in [0.25, 0.3) is 0 Å². The van der Waals surface area contributed by atoms with Gasteiger partial charge in [-0.25, -0.2) is 9.78 Å². The number of methoxy groups -OCH3 is 2. The number of nitrogens with one attached hydrogen (secondary N) is 1. The number of carbonyl (C=O) groups is 2. The molecule has 0 saturated carbocycles. The van der Waals surface area contributed by atoms with Crippen LogP contribution in [0.4, 0.5) is 5.82 Å². The van der Waals surface area contributed by atoms with Crippen molar-refractivity contribution in [1.82, 2.24) is 18.7 Å². The third-order valence-corrected chi connectivity index (χ3v) is 9.94. The summed E-state index contributed by atoms with van der Waals surface area (Å²) in [4.78, 5) is 60.7. The number of anilines is 1. The number of imidazole rings is 1. The summed E-state index contributed by atoms with van der Waals surface area (Å²) in [5.74, 6) is -0.958. The first-order valence-corrected chi connectivity index (χ1v) is 15.5. The summed E-state index contributed by atoms with van der Waals surface area (Å²) in [7, 11) is 7.63. The van der Waals surface area contributed by atoms with Crippen LogP contribution in [-0.4, -0.2) is 50.1 Å². The van der Waals surface area contributed by atoms with Gasteiger partial charge in [0.2, 0.25) is 17.2 Å². The van der Waals surface area contributed by atoms with E-state index in [1.807, 2.05) is 17.8 Å². The monoisotopic (exact) mass is 673 g/mol. The Morgan fingerprint density at radius 3 is 2.38 bits per heavy atom. The van der Waals surface area contributed by atoms with Gasteiger partial charge < -0.3 is 28.8 Å². The zero-order valence-corrected chi connectivity index (χ0v) is 27.8. The summed E-state index contributed by atoms with van der Waals surface area (Å²) in [6.07, 6.45) is 3.69. The number of hydrogen-bond acceptors (Lipinski definition) is 10. The fraction of sp³-hybridized carbons (Fsp3) is 0.324. The Labute approximate surface area is 279 Å². The van der Waals surface area contributed by atoms with Crippen molar-refractivity contribution in [3.63, 3.8) is 0 Å². The minimum atomic E-state index is -2.00. The van der Waals surface area contributed by atoms with Gasteiger partial charge in [-0.3, -0.25) is 23.5 Å². The summed E-state index contributed by atoms with van der Waals surface area (Å²) in [5.41, 5.74) is -1.65. The molecule has 0 fully saturated rings. The normalized spacial score (nSPS) is 21.0. The molecule has 7 rings (SSSR count). The Kier molecular flexibility index (Phi) is 7.27. The molecule has 13 nitrogen and oxygen atoms in total. The van der Waals surface area contributed by atoms with Crippen LogP contribution in [-0.2, 0) is 32.5 Å². The molecule has 2 aromatic carbocycles. The van der Waals surface area contributed by atoms with Gasteiger partial charge in [-0.15, -0.1) is 0 Å². The van der Waals surface area contributed by atoms with Gasteiger partial charge in [-0.1, -0.05) is 30.7 Å². The van der Waals surface area contributed by atoms with Crippen LogP contribution >= 0.6 is 11.6 Å². The molecule has 0 radical (unpaired) electrons. The molecule has 2 aromatic heterocycles. The minimum absolute atomic E-state index is 0.00430. The van der Waals surface area contributed by atoms with Gasteiger partial charge in [0, 0.05) is 62.7 Å². The number of carbonyl (C=O) groups excluding carboxylic acids is 2. The summed E-state index contributed by atoms with van der Waals surface area (Å²) < 4.78 is 27.4. The molecule has 14 heteroatoms. The second-order valence-electron chi connectivity index (χ2n) is 12.1. The van der Waals surface area contributed by atoms with E-state index in [1.54, 1.807) is 44.4 Å². The number of rotatable bonds is 6. The predicted molar refractivity (Wildman–Crippen MR) is 174 cm³/mol. The average Bonchev–Trinajstić information content (AvgIpc) is 3.65. The predicted octanol–water partition coefficient (Wildman–Crippen LogP) is 3.50. The molecule has 4 aromatic rings. The van der Waals surface area contributed by atoms with E-state index < -0.39 is 40.3 Å². The molecule has 0 bridgehead atoms. The van der Waals surface area contributed by atoms with Crippen LogP contribution in [0.2, 0.25) is 5.02 Å². The van der Waals surface area contributed by atoms with Crippen molar-refractivity contribution in [2.45, 2.75) is 31.5 Å². The number of halogens is 1. The number of ether oxygens (including phenoxy) is 4. The Hall–Kier alpha value is -5.30. The zero-order chi connectivity index (χ0) is 34.2. The second kappa shape index (κ2) is 11.2. The zero-order valence-electron chi connectivity index (χ0n) is 27.0. The lowest BCUT2D eigenvalue weighted by atomic mass is 9.66. The average molecular weight is 674 g/mol. The van der Waals surface area contributed by atoms with E-state index in [0.717, 1.165) is 10.4 Å². The van der Waals surface area contributed by atoms with E-state index in [2.05, 4.69) is 10.3 Å². The number of Topliss-reactive ketones (excluding diaryl/α,β-unsaturated/α-hetero) is 2. The van der Waals surface area contributed by atoms with Crippen molar-refractivity contribution in [3.8, 4) is 23.0 Å². The van der Waals surface area contributed by atoms with Crippen LogP contribution < -0.4 is 35.5 Å². The Bertz CT molecular complexity index is 2200. The smallest absolute Gasteiger partial charge is 0.332 e. The summed E-state index contributed by atoms with van der Waals surface area (Å²) in [6.45, 7) is 1.97. The number of aromatic nitrogens is 4. The van der Waals surface area contributed by atoms with Gasteiger partial charge in [0.15, 0.2) is 5.75 Å². The highest BCUT2D eigenvalue weighted by Gasteiger charge is 2.63. The maximum Gasteiger partial charge on any atom is 0.332 e. The second-order valence-corrected chi connectivity index (χ2v) is 12.5. The van der Waals surface area contributed by atoms with Gasteiger partial charge in [0.1, 0.15) is 46.1 Å². The van der Waals surface area contributed by atoms with E-state index in [9.17, 15) is 14.4 Å². The number of hydrogen-bond donors (Lipinski definition) is 1. The lowest BCUT2D eigenvalue weighted by Crippen LogP contribution is -2.58. The Morgan fingerprint density at radius 2 is 1.73 bits per heavy atom. The van der Waals surface area contributed by atoms with Crippen molar-refractivity contribution in [2.75, 3.05) is 19.5 Å². The number of ketones is 2. The molecule has 2 aliphatic heterocycles. The molecule has 0 unspecified atom stereocenters. The standard InChI is InChI=1S/C34H32ClN5O8/c1-16-13-19-24(29(41)34(16)30(42)25-20(45-5)14-21(46-6)27(35)28(25)48-34)23(26-31(37-19)39(3)33(44)40(4)32(26)43)17-7-9-18(10-8-17)47-15-22-36-11-12-38(22)2/h7-12,14,16,23,37H,13,15H2,1-6H3/t16-,23-,34+/m1/s1. The summed E-state index contributed by atoms with van der Waals surface area (Å²) in [6, 6.07) is 8.48. The molecule has 0 saturated heterocycles. The molecule has 1 spiro atoms. The molecule has 1 N–H and O–H groups in total. The van der Waals surface area contributed by atoms with Crippen LogP contribution in [0, 0.1) is 5.92 Å². The fourth-order valence-corrected chi connectivity index (χ4v) is 7.23. The van der Waals surface area contributed by atoms with Gasteiger partial charge >= 0.3 is 5.69 Å². The molecule has 4 heterocycles. The van der Waals surface area contributed by atoms with Crippen molar-refractivity contribution >= 4 is 29.0 Å².